The molecule has 0 bridgehead atoms. The second kappa shape index (κ2) is 11.9. The van der Waals surface area contributed by atoms with Gasteiger partial charge in [-0.2, -0.15) is 13.2 Å². The minimum absolute atomic E-state index is 0.0936. The van der Waals surface area contributed by atoms with Gasteiger partial charge in [0.2, 0.25) is 5.91 Å². The van der Waals surface area contributed by atoms with E-state index in [2.05, 4.69) is 15.5 Å². The molecule has 0 spiro atoms. The van der Waals surface area contributed by atoms with Crippen LogP contribution in [0.4, 0.5) is 23.2 Å². The first kappa shape index (κ1) is 27.9. The number of rotatable bonds is 9. The highest BCUT2D eigenvalue weighted by atomic mass is 19.4. The van der Waals surface area contributed by atoms with E-state index in [0.29, 0.717) is 19.6 Å². The Kier molecular flexibility index (Phi) is 8.09. The van der Waals surface area contributed by atoms with Crippen molar-refractivity contribution in [3.05, 3.63) is 113 Å². The predicted octanol–water partition coefficient (Wildman–Crippen LogP) is 5.62. The van der Waals surface area contributed by atoms with Gasteiger partial charge in [0.05, 0.1) is 5.56 Å². The van der Waals surface area contributed by atoms with Crippen LogP contribution in [0.3, 0.4) is 0 Å². The molecular formula is C31H27F4N3O3. The van der Waals surface area contributed by atoms with Crippen LogP contribution in [0.2, 0.25) is 0 Å². The maximum Gasteiger partial charge on any atom is 0.416 e. The lowest BCUT2D eigenvalue weighted by atomic mass is 10.1. The van der Waals surface area contributed by atoms with Crippen LogP contribution in [0.25, 0.3) is 11.3 Å². The third-order valence-corrected chi connectivity index (χ3v) is 6.92. The van der Waals surface area contributed by atoms with E-state index in [-0.39, 0.29) is 29.3 Å². The second-order valence-electron chi connectivity index (χ2n) is 9.76. The number of carbonyl (C=O) groups is 2. The molecule has 1 aromatic heterocycles. The van der Waals surface area contributed by atoms with E-state index in [1.54, 1.807) is 6.07 Å². The highest BCUT2D eigenvalue weighted by Gasteiger charge is 2.31. The summed E-state index contributed by atoms with van der Waals surface area (Å²) in [7, 11) is 0. The Morgan fingerprint density at radius 3 is 2.54 bits per heavy atom. The van der Waals surface area contributed by atoms with Crippen molar-refractivity contribution in [1.82, 2.24) is 10.6 Å². The van der Waals surface area contributed by atoms with Gasteiger partial charge in [0, 0.05) is 37.3 Å². The summed E-state index contributed by atoms with van der Waals surface area (Å²) >= 11 is 0. The first-order valence-corrected chi connectivity index (χ1v) is 13.1. The largest absolute Gasteiger partial charge is 0.451 e. The number of hydrogen-bond acceptors (Lipinski definition) is 4. The molecule has 0 saturated carbocycles. The summed E-state index contributed by atoms with van der Waals surface area (Å²) in [6, 6.07) is 20.3. The molecule has 41 heavy (non-hydrogen) atoms. The Balaban J connectivity index is 1.25. The standard InChI is InChI=1S/C31H27F4N3O3/c32-24-9-10-26-21(19-24)13-15-38(26)16-14-36-29(39)25(17-20-5-2-1-3-6-20)37-30(40)28-12-11-27(41-28)22-7-4-8-23(18-22)31(33,34)35/h1-12,18-19,25H,13-17H2,(H,36,39)(H,37,40)/t25-/m0/s1. The molecular weight excluding hydrogens is 538 g/mol. The van der Waals surface area contributed by atoms with Gasteiger partial charge in [-0.25, -0.2) is 4.39 Å². The van der Waals surface area contributed by atoms with Gasteiger partial charge in [0.1, 0.15) is 17.6 Å². The van der Waals surface area contributed by atoms with Crippen LogP contribution in [-0.4, -0.2) is 37.5 Å². The number of anilines is 1. The van der Waals surface area contributed by atoms with E-state index in [9.17, 15) is 27.2 Å². The van der Waals surface area contributed by atoms with Gasteiger partial charge in [-0.15, -0.1) is 0 Å². The molecule has 5 rings (SSSR count). The fourth-order valence-electron chi connectivity index (χ4n) is 4.86. The van der Waals surface area contributed by atoms with Crippen LogP contribution in [0.1, 0.15) is 27.2 Å². The zero-order valence-electron chi connectivity index (χ0n) is 21.9. The van der Waals surface area contributed by atoms with Crippen LogP contribution in [0, 0.1) is 5.82 Å². The maximum atomic E-state index is 13.5. The summed E-state index contributed by atoms with van der Waals surface area (Å²) in [5, 5.41) is 5.58. The van der Waals surface area contributed by atoms with Crippen LogP contribution in [0.15, 0.2) is 89.3 Å². The Bertz CT molecular complexity index is 1540. The van der Waals surface area contributed by atoms with Crippen molar-refractivity contribution in [3.63, 3.8) is 0 Å². The summed E-state index contributed by atoms with van der Waals surface area (Å²) < 4.78 is 58.5. The Labute approximate surface area is 234 Å². The van der Waals surface area contributed by atoms with Crippen molar-refractivity contribution in [2.75, 3.05) is 24.5 Å². The molecule has 1 atom stereocenters. The lowest BCUT2D eigenvalue weighted by molar-refractivity contribution is -0.137. The fraction of sp³-hybridized carbons (Fsp3) is 0.226. The zero-order chi connectivity index (χ0) is 29.0. The van der Waals surface area contributed by atoms with Crippen molar-refractivity contribution in [3.8, 4) is 11.3 Å². The monoisotopic (exact) mass is 565 g/mol. The van der Waals surface area contributed by atoms with Crippen LogP contribution >= 0.6 is 0 Å². The molecule has 10 heteroatoms. The molecule has 4 aromatic rings. The summed E-state index contributed by atoms with van der Waals surface area (Å²) in [6.45, 7) is 1.53. The van der Waals surface area contributed by atoms with Gasteiger partial charge in [0.15, 0.2) is 5.76 Å². The molecule has 6 nitrogen and oxygen atoms in total. The van der Waals surface area contributed by atoms with E-state index < -0.39 is 29.6 Å². The predicted molar refractivity (Wildman–Crippen MR) is 146 cm³/mol. The third kappa shape index (κ3) is 6.77. The topological polar surface area (TPSA) is 74.6 Å². The molecule has 1 aliphatic rings. The number of alkyl halides is 3. The van der Waals surface area contributed by atoms with Gasteiger partial charge in [-0.1, -0.05) is 42.5 Å². The van der Waals surface area contributed by atoms with Gasteiger partial charge in [-0.05, 0) is 60.0 Å². The quantitative estimate of drug-likeness (QED) is 0.258. The molecule has 2 heterocycles. The van der Waals surface area contributed by atoms with E-state index in [0.717, 1.165) is 35.4 Å². The van der Waals surface area contributed by atoms with Crippen molar-refractivity contribution in [2.45, 2.75) is 25.1 Å². The molecule has 0 aliphatic carbocycles. The van der Waals surface area contributed by atoms with Crippen molar-refractivity contribution < 1.29 is 31.6 Å². The highest BCUT2D eigenvalue weighted by Crippen LogP contribution is 2.33. The molecule has 3 aromatic carbocycles. The zero-order valence-corrected chi connectivity index (χ0v) is 21.9. The smallest absolute Gasteiger partial charge is 0.416 e. The number of nitrogens with zero attached hydrogens (tertiary/aromatic N) is 1. The average Bonchev–Trinajstić information content (AvgIpc) is 3.60. The van der Waals surface area contributed by atoms with Gasteiger partial charge < -0.3 is 20.0 Å². The molecule has 2 amide bonds. The first-order valence-electron chi connectivity index (χ1n) is 13.1. The number of nitrogens with one attached hydrogen (secondary N) is 2. The van der Waals surface area contributed by atoms with E-state index >= 15 is 0 Å². The molecule has 1 aliphatic heterocycles. The molecule has 0 fully saturated rings. The number of benzene rings is 3. The summed E-state index contributed by atoms with van der Waals surface area (Å²) in [5.74, 6) is -1.39. The SMILES string of the molecule is O=C(N[C@@H](Cc1ccccc1)C(=O)NCCN1CCc2cc(F)ccc21)c1ccc(-c2cccc(C(F)(F)F)c2)o1. The Morgan fingerprint density at radius 1 is 0.951 bits per heavy atom. The lowest BCUT2D eigenvalue weighted by Crippen LogP contribution is -2.49. The number of furan rings is 1. The molecule has 0 saturated heterocycles. The molecule has 0 unspecified atom stereocenters. The van der Waals surface area contributed by atoms with Crippen LogP contribution in [-0.2, 0) is 23.8 Å². The maximum absolute atomic E-state index is 13.5. The van der Waals surface area contributed by atoms with E-state index in [1.807, 2.05) is 30.3 Å². The number of carbonyl (C=O) groups excluding carboxylic acids is 2. The lowest BCUT2D eigenvalue weighted by Gasteiger charge is -2.22. The molecule has 212 valence electrons. The number of fused-ring (bicyclic) bond motifs is 1. The van der Waals surface area contributed by atoms with Gasteiger partial charge >= 0.3 is 6.18 Å². The van der Waals surface area contributed by atoms with Crippen molar-refractivity contribution in [1.29, 1.82) is 0 Å². The highest BCUT2D eigenvalue weighted by molar-refractivity contribution is 5.96. The summed E-state index contributed by atoms with van der Waals surface area (Å²) in [6.07, 6.45) is -3.58. The van der Waals surface area contributed by atoms with Gasteiger partial charge in [-0.3, -0.25) is 9.59 Å². The first-order chi connectivity index (χ1) is 19.7. The minimum atomic E-state index is -4.52. The van der Waals surface area contributed by atoms with Crippen molar-refractivity contribution in [2.24, 2.45) is 0 Å². The number of hydrogen-bond donors (Lipinski definition) is 2. The summed E-state index contributed by atoms with van der Waals surface area (Å²) in [5.41, 5.74) is 2.02. The normalized spacial score (nSPS) is 13.5. The minimum Gasteiger partial charge on any atom is -0.451 e. The summed E-state index contributed by atoms with van der Waals surface area (Å²) in [4.78, 5) is 28.3. The average molecular weight is 566 g/mol. The third-order valence-electron chi connectivity index (χ3n) is 6.92. The Hall–Kier alpha value is -4.60. The Morgan fingerprint density at radius 2 is 1.76 bits per heavy atom. The van der Waals surface area contributed by atoms with E-state index in [1.165, 1.54) is 36.4 Å². The van der Waals surface area contributed by atoms with Crippen LogP contribution < -0.4 is 15.5 Å². The van der Waals surface area contributed by atoms with Crippen molar-refractivity contribution >= 4 is 17.5 Å². The molecule has 0 radical (unpaired) electrons. The number of amides is 2. The fourth-order valence-corrected chi connectivity index (χ4v) is 4.86. The van der Waals surface area contributed by atoms with E-state index in [4.69, 9.17) is 4.42 Å². The van der Waals surface area contributed by atoms with Crippen LogP contribution in [0.5, 0.6) is 0 Å². The molecule has 2 N–H and O–H groups in total. The number of halogens is 4. The second-order valence-corrected chi connectivity index (χ2v) is 9.76. The van der Waals surface area contributed by atoms with Gasteiger partial charge in [0.25, 0.3) is 5.91 Å².